The van der Waals surface area contributed by atoms with Crippen molar-refractivity contribution < 1.29 is 0 Å². The van der Waals surface area contributed by atoms with Gasteiger partial charge in [0, 0.05) is 5.69 Å². The van der Waals surface area contributed by atoms with Crippen LogP contribution in [0.1, 0.15) is 74.5 Å². The zero-order chi connectivity index (χ0) is 18.5. The van der Waals surface area contributed by atoms with Gasteiger partial charge >= 0.3 is 0 Å². The average Bonchev–Trinajstić information content (AvgIpc) is 2.67. The topological polar surface area (TPSA) is 53.1 Å². The fraction of sp³-hybridized carbons (Fsp3) is 0.435. The van der Waals surface area contributed by atoms with Gasteiger partial charge in [0.1, 0.15) is 0 Å². The van der Waals surface area contributed by atoms with Gasteiger partial charge in [0.2, 0.25) is 0 Å². The molecular formula is C23H32ClN3. The summed E-state index contributed by atoms with van der Waals surface area (Å²) in [5.41, 5.74) is 10.8. The Kier molecular flexibility index (Phi) is 7.73. The molecule has 0 radical (unpaired) electrons. The van der Waals surface area contributed by atoms with Crippen LogP contribution >= 0.6 is 12.4 Å². The second-order valence-corrected chi connectivity index (χ2v) is 7.79. The summed E-state index contributed by atoms with van der Waals surface area (Å²) < 4.78 is 0. The molecule has 0 unspecified atom stereocenters. The van der Waals surface area contributed by atoms with Crippen molar-refractivity contribution in [3.05, 3.63) is 65.2 Å². The van der Waals surface area contributed by atoms with Gasteiger partial charge in [-0.05, 0) is 53.5 Å². The molecule has 3 N–H and O–H groups in total. The maximum Gasteiger partial charge on any atom is 0.193 e. The van der Waals surface area contributed by atoms with Gasteiger partial charge in [-0.3, -0.25) is 5.41 Å². The van der Waals surface area contributed by atoms with E-state index >= 15 is 0 Å². The van der Waals surface area contributed by atoms with E-state index in [-0.39, 0.29) is 18.4 Å². The number of halogens is 1. The number of anilines is 1. The number of nitrogens with one attached hydrogen (secondary N) is 1. The number of hydrogen-bond acceptors (Lipinski definition) is 1. The van der Waals surface area contributed by atoms with Crippen molar-refractivity contribution in [3.8, 4) is 0 Å². The summed E-state index contributed by atoms with van der Waals surface area (Å²) in [4.78, 5) is 1.87. The lowest BCUT2D eigenvalue weighted by molar-refractivity contribution is 0.443. The molecule has 3 rings (SSSR count). The van der Waals surface area contributed by atoms with Crippen LogP contribution in [-0.4, -0.2) is 5.96 Å². The van der Waals surface area contributed by atoms with E-state index < -0.39 is 0 Å². The SMILES string of the molecule is CC(C)c1ccc(CN(C(=N)N)c2ccc(C3CCCCC3)cc2)cc1.Cl. The molecule has 1 saturated carbocycles. The first-order valence-corrected chi connectivity index (χ1v) is 9.85. The monoisotopic (exact) mass is 385 g/mol. The molecule has 1 fully saturated rings. The molecule has 27 heavy (non-hydrogen) atoms. The molecule has 1 aliphatic rings. The van der Waals surface area contributed by atoms with Crippen molar-refractivity contribution in [2.75, 3.05) is 4.90 Å². The Hall–Kier alpha value is -2.00. The van der Waals surface area contributed by atoms with E-state index in [1.807, 2.05) is 4.90 Å². The van der Waals surface area contributed by atoms with Crippen LogP contribution in [0.5, 0.6) is 0 Å². The van der Waals surface area contributed by atoms with E-state index in [9.17, 15) is 0 Å². The van der Waals surface area contributed by atoms with Crippen LogP contribution in [0.25, 0.3) is 0 Å². The summed E-state index contributed by atoms with van der Waals surface area (Å²) in [5, 5.41) is 8.00. The standard InChI is InChI=1S/C23H31N3.ClH/c1-17(2)19-10-8-18(9-11-19)16-26(23(24)25)22-14-12-21(13-15-22)20-6-4-3-5-7-20;/h8-15,17,20H,3-7,16H2,1-2H3,(H3,24,25);1H. The van der Waals surface area contributed by atoms with E-state index in [2.05, 4.69) is 62.4 Å². The molecule has 0 aliphatic heterocycles. The molecule has 0 atom stereocenters. The highest BCUT2D eigenvalue weighted by Gasteiger charge is 2.16. The van der Waals surface area contributed by atoms with Gasteiger partial charge in [-0.15, -0.1) is 12.4 Å². The molecule has 0 spiro atoms. The largest absolute Gasteiger partial charge is 0.370 e. The molecule has 0 aromatic heterocycles. The summed E-state index contributed by atoms with van der Waals surface area (Å²) >= 11 is 0. The molecule has 0 heterocycles. The van der Waals surface area contributed by atoms with Crippen molar-refractivity contribution in [1.82, 2.24) is 0 Å². The van der Waals surface area contributed by atoms with Crippen LogP contribution in [-0.2, 0) is 6.54 Å². The van der Waals surface area contributed by atoms with Crippen LogP contribution < -0.4 is 10.6 Å². The predicted octanol–water partition coefficient (Wildman–Crippen LogP) is 6.18. The predicted molar refractivity (Wildman–Crippen MR) is 118 cm³/mol. The Morgan fingerprint density at radius 3 is 2.11 bits per heavy atom. The lowest BCUT2D eigenvalue weighted by atomic mass is 9.84. The summed E-state index contributed by atoms with van der Waals surface area (Å²) in [6.07, 6.45) is 6.68. The number of benzene rings is 2. The highest BCUT2D eigenvalue weighted by Crippen LogP contribution is 2.33. The van der Waals surface area contributed by atoms with Crippen molar-refractivity contribution in [1.29, 1.82) is 5.41 Å². The van der Waals surface area contributed by atoms with E-state index in [0.29, 0.717) is 18.4 Å². The molecule has 0 amide bonds. The molecule has 0 bridgehead atoms. The van der Waals surface area contributed by atoms with Gasteiger partial charge in [0.05, 0.1) is 6.54 Å². The molecule has 1 aliphatic carbocycles. The first-order chi connectivity index (χ1) is 12.5. The smallest absolute Gasteiger partial charge is 0.193 e. The maximum absolute atomic E-state index is 8.00. The van der Waals surface area contributed by atoms with Crippen molar-refractivity contribution in [2.45, 2.75) is 64.3 Å². The fourth-order valence-corrected chi connectivity index (χ4v) is 3.87. The molecule has 2 aromatic rings. The van der Waals surface area contributed by atoms with Gasteiger partial charge in [0.15, 0.2) is 5.96 Å². The number of hydrogen-bond donors (Lipinski definition) is 2. The van der Waals surface area contributed by atoms with Gasteiger partial charge in [0.25, 0.3) is 0 Å². The van der Waals surface area contributed by atoms with Crippen molar-refractivity contribution >= 4 is 24.1 Å². The lowest BCUT2D eigenvalue weighted by Crippen LogP contribution is -2.35. The second kappa shape index (κ2) is 9.80. The molecule has 0 saturated heterocycles. The third-order valence-electron chi connectivity index (χ3n) is 5.56. The first-order valence-electron chi connectivity index (χ1n) is 9.85. The molecule has 3 nitrogen and oxygen atoms in total. The number of guanidine groups is 1. The quantitative estimate of drug-likeness (QED) is 0.477. The van der Waals surface area contributed by atoms with Crippen LogP contribution in [0.15, 0.2) is 48.5 Å². The van der Waals surface area contributed by atoms with Crippen LogP contribution in [0, 0.1) is 5.41 Å². The van der Waals surface area contributed by atoms with Crippen LogP contribution in [0.4, 0.5) is 5.69 Å². The zero-order valence-corrected chi connectivity index (χ0v) is 17.3. The van der Waals surface area contributed by atoms with E-state index in [1.54, 1.807) is 0 Å². The fourth-order valence-electron chi connectivity index (χ4n) is 3.87. The van der Waals surface area contributed by atoms with Gasteiger partial charge in [-0.2, -0.15) is 0 Å². The first kappa shape index (κ1) is 21.3. The Balaban J connectivity index is 0.00000261. The summed E-state index contributed by atoms with van der Waals surface area (Å²) in [7, 11) is 0. The summed E-state index contributed by atoms with van der Waals surface area (Å²) in [6, 6.07) is 17.3. The molecule has 146 valence electrons. The Labute approximate surface area is 169 Å². The van der Waals surface area contributed by atoms with E-state index in [1.165, 1.54) is 48.8 Å². The highest BCUT2D eigenvalue weighted by molar-refractivity contribution is 5.92. The zero-order valence-electron chi connectivity index (χ0n) is 16.4. The van der Waals surface area contributed by atoms with Crippen molar-refractivity contribution in [3.63, 3.8) is 0 Å². The summed E-state index contributed by atoms with van der Waals surface area (Å²) in [5.74, 6) is 1.32. The Morgan fingerprint density at radius 2 is 1.59 bits per heavy atom. The van der Waals surface area contributed by atoms with Crippen LogP contribution in [0.3, 0.4) is 0 Å². The lowest BCUT2D eigenvalue weighted by Gasteiger charge is -2.25. The van der Waals surface area contributed by atoms with Gasteiger partial charge in [-0.1, -0.05) is 69.5 Å². The Morgan fingerprint density at radius 1 is 1.00 bits per heavy atom. The number of nitrogens with two attached hydrogens (primary N) is 1. The molecule has 2 aromatic carbocycles. The van der Waals surface area contributed by atoms with E-state index in [4.69, 9.17) is 11.1 Å². The minimum atomic E-state index is 0. The number of nitrogens with zero attached hydrogens (tertiary/aromatic N) is 1. The highest BCUT2D eigenvalue weighted by atomic mass is 35.5. The van der Waals surface area contributed by atoms with Crippen molar-refractivity contribution in [2.24, 2.45) is 5.73 Å². The summed E-state index contributed by atoms with van der Waals surface area (Å²) in [6.45, 7) is 5.02. The third kappa shape index (κ3) is 5.49. The maximum atomic E-state index is 8.00. The number of rotatable bonds is 5. The second-order valence-electron chi connectivity index (χ2n) is 7.79. The van der Waals surface area contributed by atoms with Gasteiger partial charge in [-0.25, -0.2) is 0 Å². The average molecular weight is 386 g/mol. The minimum absolute atomic E-state index is 0. The molecule has 4 heteroatoms. The Bertz CT molecular complexity index is 716. The molecular weight excluding hydrogens is 354 g/mol. The van der Waals surface area contributed by atoms with Crippen LogP contribution in [0.2, 0.25) is 0 Å². The third-order valence-corrected chi connectivity index (χ3v) is 5.56. The normalized spacial score (nSPS) is 14.6. The minimum Gasteiger partial charge on any atom is -0.370 e. The van der Waals surface area contributed by atoms with E-state index in [0.717, 1.165) is 5.69 Å². The van der Waals surface area contributed by atoms with Gasteiger partial charge < -0.3 is 10.6 Å².